The van der Waals surface area contributed by atoms with E-state index < -0.39 is 10.9 Å². The molecule has 2 aromatic rings. The molecule has 0 bridgehead atoms. The fraction of sp³-hybridized carbons (Fsp3) is 0. The summed E-state index contributed by atoms with van der Waals surface area (Å²) < 4.78 is 0. The SMILES string of the molecule is O=Cc1cc(C(=O)O)c2cc([N+](=O)[O-])ccc2n1. The van der Waals surface area contributed by atoms with Crippen LogP contribution in [0.15, 0.2) is 24.3 Å². The van der Waals surface area contributed by atoms with Crippen LogP contribution in [0.2, 0.25) is 0 Å². The number of nitrogens with zero attached hydrogens (tertiary/aromatic N) is 2. The van der Waals surface area contributed by atoms with Crippen molar-refractivity contribution in [3.8, 4) is 0 Å². The van der Waals surface area contributed by atoms with Crippen LogP contribution in [-0.4, -0.2) is 27.3 Å². The number of non-ortho nitro benzene ring substituents is 1. The van der Waals surface area contributed by atoms with Crippen LogP contribution in [0, 0.1) is 10.1 Å². The van der Waals surface area contributed by atoms with Gasteiger partial charge in [0.25, 0.3) is 5.69 Å². The average molecular weight is 246 g/mol. The fourth-order valence-electron chi connectivity index (χ4n) is 1.59. The summed E-state index contributed by atoms with van der Waals surface area (Å²) in [5, 5.41) is 19.8. The number of nitro benzene ring substituents is 1. The molecule has 0 radical (unpaired) electrons. The highest BCUT2D eigenvalue weighted by atomic mass is 16.6. The number of hydrogen-bond acceptors (Lipinski definition) is 5. The molecular weight excluding hydrogens is 240 g/mol. The maximum absolute atomic E-state index is 11.1. The molecule has 1 aromatic carbocycles. The predicted octanol–water partition coefficient (Wildman–Crippen LogP) is 1.65. The smallest absolute Gasteiger partial charge is 0.336 e. The number of aromatic carboxylic acids is 1. The first kappa shape index (κ1) is 11.6. The molecule has 7 nitrogen and oxygen atoms in total. The van der Waals surface area contributed by atoms with Gasteiger partial charge in [-0.2, -0.15) is 0 Å². The van der Waals surface area contributed by atoms with Crippen molar-refractivity contribution in [1.29, 1.82) is 0 Å². The van der Waals surface area contributed by atoms with Crippen molar-refractivity contribution in [3.63, 3.8) is 0 Å². The Hall–Kier alpha value is -2.83. The minimum Gasteiger partial charge on any atom is -0.478 e. The Morgan fingerprint density at radius 3 is 2.67 bits per heavy atom. The summed E-state index contributed by atoms with van der Waals surface area (Å²) in [6.07, 6.45) is 0.424. The van der Waals surface area contributed by atoms with Crippen molar-refractivity contribution >= 4 is 28.8 Å². The normalized spacial score (nSPS) is 10.2. The highest BCUT2D eigenvalue weighted by Crippen LogP contribution is 2.23. The van der Waals surface area contributed by atoms with Crippen LogP contribution in [0.1, 0.15) is 20.8 Å². The van der Waals surface area contributed by atoms with Crippen LogP contribution in [-0.2, 0) is 0 Å². The fourth-order valence-corrected chi connectivity index (χ4v) is 1.59. The second-order valence-electron chi connectivity index (χ2n) is 3.48. The summed E-state index contributed by atoms with van der Waals surface area (Å²) in [4.78, 5) is 35.6. The van der Waals surface area contributed by atoms with Gasteiger partial charge in [-0.1, -0.05) is 0 Å². The second-order valence-corrected chi connectivity index (χ2v) is 3.48. The topological polar surface area (TPSA) is 110 Å². The van der Waals surface area contributed by atoms with E-state index in [1.165, 1.54) is 12.1 Å². The van der Waals surface area contributed by atoms with Crippen LogP contribution in [0.5, 0.6) is 0 Å². The van der Waals surface area contributed by atoms with Gasteiger partial charge in [0.2, 0.25) is 0 Å². The molecular formula is C11H6N2O5. The molecule has 7 heteroatoms. The van der Waals surface area contributed by atoms with E-state index in [2.05, 4.69) is 4.98 Å². The molecule has 0 fully saturated rings. The first-order chi connectivity index (χ1) is 8.52. The van der Waals surface area contributed by atoms with Crippen LogP contribution < -0.4 is 0 Å². The molecule has 2 rings (SSSR count). The Bertz CT molecular complexity index is 680. The molecule has 18 heavy (non-hydrogen) atoms. The van der Waals surface area contributed by atoms with Crippen LogP contribution >= 0.6 is 0 Å². The number of benzene rings is 1. The molecule has 0 aliphatic rings. The lowest BCUT2D eigenvalue weighted by molar-refractivity contribution is -0.384. The van der Waals surface area contributed by atoms with E-state index in [9.17, 15) is 19.7 Å². The number of aldehydes is 1. The van der Waals surface area contributed by atoms with E-state index >= 15 is 0 Å². The van der Waals surface area contributed by atoms with Crippen LogP contribution in [0.25, 0.3) is 10.9 Å². The van der Waals surface area contributed by atoms with Gasteiger partial charge in [0, 0.05) is 17.5 Å². The Morgan fingerprint density at radius 2 is 2.11 bits per heavy atom. The van der Waals surface area contributed by atoms with E-state index in [1.807, 2.05) is 0 Å². The standard InChI is InChI=1S/C11H6N2O5/c14-5-6-3-9(11(15)16)8-4-7(13(17)18)1-2-10(8)12-6/h1-5H,(H,15,16). The summed E-state index contributed by atoms with van der Waals surface area (Å²) in [7, 11) is 0. The zero-order valence-electron chi connectivity index (χ0n) is 8.86. The third kappa shape index (κ3) is 1.88. The number of carboxylic acids is 1. The maximum Gasteiger partial charge on any atom is 0.336 e. The van der Waals surface area contributed by atoms with Crippen LogP contribution in [0.3, 0.4) is 0 Å². The van der Waals surface area contributed by atoms with Gasteiger partial charge in [0.15, 0.2) is 6.29 Å². The molecule has 1 aromatic heterocycles. The van der Waals surface area contributed by atoms with Gasteiger partial charge in [-0.3, -0.25) is 14.9 Å². The number of carbonyl (C=O) groups excluding carboxylic acids is 1. The summed E-state index contributed by atoms with van der Waals surface area (Å²) in [5.41, 5.74) is -0.229. The summed E-state index contributed by atoms with van der Waals surface area (Å²) >= 11 is 0. The van der Waals surface area contributed by atoms with Gasteiger partial charge >= 0.3 is 5.97 Å². The molecule has 0 amide bonds. The number of hydrogen-bond donors (Lipinski definition) is 1. The van der Waals surface area contributed by atoms with Gasteiger partial charge in [0.1, 0.15) is 5.69 Å². The van der Waals surface area contributed by atoms with Crippen LogP contribution in [0.4, 0.5) is 5.69 Å². The van der Waals surface area contributed by atoms with Crippen molar-refractivity contribution in [2.45, 2.75) is 0 Å². The van der Waals surface area contributed by atoms with E-state index in [1.54, 1.807) is 0 Å². The zero-order valence-corrected chi connectivity index (χ0v) is 8.86. The summed E-state index contributed by atoms with van der Waals surface area (Å²) in [6, 6.07) is 4.73. The third-order valence-corrected chi connectivity index (χ3v) is 2.37. The van der Waals surface area contributed by atoms with Crippen molar-refractivity contribution in [2.75, 3.05) is 0 Å². The summed E-state index contributed by atoms with van der Waals surface area (Å²) in [5.74, 6) is -1.27. The Morgan fingerprint density at radius 1 is 1.39 bits per heavy atom. The number of fused-ring (bicyclic) bond motifs is 1. The average Bonchev–Trinajstić information content (AvgIpc) is 2.36. The molecule has 0 spiro atoms. The quantitative estimate of drug-likeness (QED) is 0.500. The number of carboxylic acid groups (broad SMARTS) is 1. The molecule has 90 valence electrons. The van der Waals surface area contributed by atoms with E-state index in [0.717, 1.165) is 12.1 Å². The molecule has 1 N–H and O–H groups in total. The first-order valence-electron chi connectivity index (χ1n) is 4.80. The molecule has 0 atom stereocenters. The zero-order chi connectivity index (χ0) is 13.3. The monoisotopic (exact) mass is 246 g/mol. The minimum absolute atomic E-state index is 0.0336. The van der Waals surface area contributed by atoms with Crippen molar-refractivity contribution in [2.24, 2.45) is 0 Å². The molecule has 0 saturated heterocycles. The lowest BCUT2D eigenvalue weighted by Crippen LogP contribution is -2.02. The van der Waals surface area contributed by atoms with Crippen molar-refractivity contribution in [3.05, 3.63) is 45.6 Å². The van der Waals surface area contributed by atoms with E-state index in [4.69, 9.17) is 5.11 Å². The molecule has 0 unspecified atom stereocenters. The lowest BCUT2D eigenvalue weighted by atomic mass is 10.1. The summed E-state index contributed by atoms with van der Waals surface area (Å²) in [6.45, 7) is 0. The van der Waals surface area contributed by atoms with E-state index in [0.29, 0.717) is 6.29 Å². The number of pyridine rings is 1. The van der Waals surface area contributed by atoms with Crippen molar-refractivity contribution < 1.29 is 19.6 Å². The first-order valence-corrected chi connectivity index (χ1v) is 4.80. The van der Waals surface area contributed by atoms with Gasteiger partial charge in [-0.25, -0.2) is 9.78 Å². The van der Waals surface area contributed by atoms with Crippen molar-refractivity contribution in [1.82, 2.24) is 4.98 Å². The maximum atomic E-state index is 11.1. The predicted molar refractivity (Wildman–Crippen MR) is 60.7 cm³/mol. The van der Waals surface area contributed by atoms with Gasteiger partial charge in [0.05, 0.1) is 16.0 Å². The number of carbonyl (C=O) groups is 2. The largest absolute Gasteiger partial charge is 0.478 e. The van der Waals surface area contributed by atoms with E-state index in [-0.39, 0.29) is 27.8 Å². The molecule has 0 aliphatic carbocycles. The highest BCUT2D eigenvalue weighted by molar-refractivity contribution is 6.04. The third-order valence-electron chi connectivity index (χ3n) is 2.37. The highest BCUT2D eigenvalue weighted by Gasteiger charge is 2.15. The number of rotatable bonds is 3. The molecule has 1 heterocycles. The Kier molecular flexibility index (Phi) is 2.72. The number of aromatic nitrogens is 1. The second kappa shape index (κ2) is 4.21. The minimum atomic E-state index is -1.27. The van der Waals surface area contributed by atoms with Gasteiger partial charge in [-0.05, 0) is 12.1 Å². The molecule has 0 saturated carbocycles. The van der Waals surface area contributed by atoms with Gasteiger partial charge < -0.3 is 5.11 Å². The lowest BCUT2D eigenvalue weighted by Gasteiger charge is -2.03. The number of nitro groups is 1. The Labute approximate surface area is 99.8 Å². The van der Waals surface area contributed by atoms with Gasteiger partial charge in [-0.15, -0.1) is 0 Å². The Balaban J connectivity index is 2.83. The molecule has 0 aliphatic heterocycles.